The highest BCUT2D eigenvalue weighted by Crippen LogP contribution is 2.31. The zero-order valence-electron chi connectivity index (χ0n) is 8.22. The van der Waals surface area contributed by atoms with Crippen LogP contribution in [-0.2, 0) is 9.53 Å². The van der Waals surface area contributed by atoms with Crippen LogP contribution in [0.15, 0.2) is 0 Å². The number of hydrogen-bond donors (Lipinski definition) is 0. The van der Waals surface area contributed by atoms with Crippen molar-refractivity contribution in [2.75, 3.05) is 6.61 Å². The van der Waals surface area contributed by atoms with E-state index >= 15 is 0 Å². The number of hydrogen-bond acceptors (Lipinski definition) is 2. The van der Waals surface area contributed by atoms with Crippen LogP contribution in [0.4, 0.5) is 0 Å². The molecule has 0 aliphatic carbocycles. The number of carbonyl (C=O) groups is 1. The smallest absolute Gasteiger partial charge is 0.133 e. The molecule has 2 unspecified atom stereocenters. The minimum absolute atomic E-state index is 0.0470. The Morgan fingerprint density at radius 1 is 1.67 bits per heavy atom. The third-order valence-corrected chi connectivity index (χ3v) is 2.92. The molecule has 1 heterocycles. The zero-order chi connectivity index (χ0) is 9.19. The molecule has 0 radical (unpaired) electrons. The van der Waals surface area contributed by atoms with Gasteiger partial charge in [-0.2, -0.15) is 0 Å². The van der Waals surface area contributed by atoms with Gasteiger partial charge in [-0.25, -0.2) is 0 Å². The first kappa shape index (κ1) is 9.72. The molecule has 1 aliphatic heterocycles. The van der Waals surface area contributed by atoms with Crippen LogP contribution in [-0.4, -0.2) is 18.0 Å². The van der Waals surface area contributed by atoms with Crippen molar-refractivity contribution in [3.8, 4) is 0 Å². The van der Waals surface area contributed by atoms with Crippen molar-refractivity contribution in [2.45, 2.75) is 45.6 Å². The average Bonchev–Trinajstić information content (AvgIpc) is 2.05. The number of Topliss-reactive ketones (excluding diaryl/α,β-unsaturated/α-hetero) is 1. The van der Waals surface area contributed by atoms with E-state index in [1.165, 1.54) is 0 Å². The average molecular weight is 170 g/mol. The van der Waals surface area contributed by atoms with Gasteiger partial charge >= 0.3 is 0 Å². The van der Waals surface area contributed by atoms with Crippen LogP contribution < -0.4 is 0 Å². The first-order valence-electron chi connectivity index (χ1n) is 4.72. The van der Waals surface area contributed by atoms with E-state index in [4.69, 9.17) is 4.74 Å². The van der Waals surface area contributed by atoms with E-state index in [9.17, 15) is 4.79 Å². The molecule has 2 atom stereocenters. The Morgan fingerprint density at radius 2 is 2.33 bits per heavy atom. The molecule has 0 aromatic heterocycles. The lowest BCUT2D eigenvalue weighted by molar-refractivity contribution is -0.133. The molecule has 0 amide bonds. The van der Waals surface area contributed by atoms with Gasteiger partial charge in [-0.3, -0.25) is 4.79 Å². The summed E-state index contributed by atoms with van der Waals surface area (Å²) in [5.41, 5.74) is -0.0470. The Labute approximate surface area is 74.3 Å². The topological polar surface area (TPSA) is 26.3 Å². The molecule has 1 saturated heterocycles. The summed E-state index contributed by atoms with van der Waals surface area (Å²) in [7, 11) is 0. The molecule has 1 aliphatic rings. The number of carbonyl (C=O) groups excluding carboxylic acids is 1. The quantitative estimate of drug-likeness (QED) is 0.635. The maximum absolute atomic E-state index is 11.1. The second-order valence-corrected chi connectivity index (χ2v) is 3.95. The zero-order valence-corrected chi connectivity index (χ0v) is 8.22. The summed E-state index contributed by atoms with van der Waals surface area (Å²) in [6, 6.07) is 0. The van der Waals surface area contributed by atoms with Crippen molar-refractivity contribution in [3.05, 3.63) is 0 Å². The third kappa shape index (κ3) is 2.07. The molecular weight excluding hydrogens is 152 g/mol. The maximum atomic E-state index is 11.1. The van der Waals surface area contributed by atoms with Crippen LogP contribution in [0.25, 0.3) is 0 Å². The van der Waals surface area contributed by atoms with Crippen molar-refractivity contribution in [1.29, 1.82) is 0 Å². The molecule has 2 heteroatoms. The summed E-state index contributed by atoms with van der Waals surface area (Å²) in [6.07, 6.45) is 2.81. The fourth-order valence-electron chi connectivity index (χ4n) is 1.72. The van der Waals surface area contributed by atoms with Gasteiger partial charge in [0.1, 0.15) is 5.78 Å². The van der Waals surface area contributed by atoms with Crippen LogP contribution in [0.3, 0.4) is 0 Å². The van der Waals surface area contributed by atoms with E-state index in [-0.39, 0.29) is 11.5 Å². The second-order valence-electron chi connectivity index (χ2n) is 3.95. The van der Waals surface area contributed by atoms with Gasteiger partial charge in [-0.05, 0) is 33.1 Å². The molecule has 70 valence electrons. The molecule has 0 N–H and O–H groups in total. The Kier molecular flexibility index (Phi) is 2.89. The normalized spacial score (nSPS) is 36.4. The Balaban J connectivity index is 2.57. The monoisotopic (exact) mass is 170 g/mol. The second kappa shape index (κ2) is 3.56. The summed E-state index contributed by atoms with van der Waals surface area (Å²) in [5, 5.41) is 0. The van der Waals surface area contributed by atoms with Crippen LogP contribution in [0, 0.1) is 5.92 Å². The van der Waals surface area contributed by atoms with Gasteiger partial charge in [0.15, 0.2) is 0 Å². The Morgan fingerprint density at radius 3 is 2.83 bits per heavy atom. The molecule has 0 aromatic carbocycles. The molecule has 0 bridgehead atoms. The minimum atomic E-state index is -0.0470. The van der Waals surface area contributed by atoms with Crippen molar-refractivity contribution in [1.82, 2.24) is 0 Å². The highest BCUT2D eigenvalue weighted by molar-refractivity contribution is 5.78. The highest BCUT2D eigenvalue weighted by atomic mass is 16.5. The lowest BCUT2D eigenvalue weighted by Gasteiger charge is -2.36. The largest absolute Gasteiger partial charge is 0.375 e. The molecule has 0 saturated carbocycles. The predicted octanol–water partition coefficient (Wildman–Crippen LogP) is 2.17. The number of ether oxygens (including phenoxy) is 1. The van der Waals surface area contributed by atoms with Crippen molar-refractivity contribution in [3.63, 3.8) is 0 Å². The molecular formula is C10H18O2. The summed E-state index contributed by atoms with van der Waals surface area (Å²) >= 11 is 0. The van der Waals surface area contributed by atoms with Gasteiger partial charge < -0.3 is 4.74 Å². The SMILES string of the molecule is CCC1(C)CC(C(C)=O)CCO1. The van der Waals surface area contributed by atoms with Crippen LogP contribution in [0.1, 0.15) is 40.0 Å². The first-order valence-corrected chi connectivity index (χ1v) is 4.72. The van der Waals surface area contributed by atoms with E-state index in [2.05, 4.69) is 13.8 Å². The van der Waals surface area contributed by atoms with Gasteiger partial charge in [0.2, 0.25) is 0 Å². The number of rotatable bonds is 2. The molecule has 0 aromatic rings. The molecule has 1 fully saturated rings. The van der Waals surface area contributed by atoms with Crippen molar-refractivity contribution >= 4 is 5.78 Å². The minimum Gasteiger partial charge on any atom is -0.375 e. The molecule has 12 heavy (non-hydrogen) atoms. The molecule has 2 nitrogen and oxygen atoms in total. The van der Waals surface area contributed by atoms with Gasteiger partial charge in [0.05, 0.1) is 5.60 Å². The summed E-state index contributed by atoms with van der Waals surface area (Å²) in [6.45, 7) is 6.64. The summed E-state index contributed by atoms with van der Waals surface area (Å²) in [4.78, 5) is 11.1. The summed E-state index contributed by atoms with van der Waals surface area (Å²) in [5.74, 6) is 0.557. The van der Waals surface area contributed by atoms with E-state index < -0.39 is 0 Å². The molecule has 1 rings (SSSR count). The fraction of sp³-hybridized carbons (Fsp3) is 0.900. The standard InChI is InChI=1S/C10H18O2/c1-4-10(3)7-9(8(2)11)5-6-12-10/h9H,4-7H2,1-3H3. The maximum Gasteiger partial charge on any atom is 0.133 e. The van der Waals surface area contributed by atoms with E-state index in [1.54, 1.807) is 6.92 Å². The highest BCUT2D eigenvalue weighted by Gasteiger charge is 2.33. The number of ketones is 1. The van der Waals surface area contributed by atoms with Crippen LogP contribution in [0.5, 0.6) is 0 Å². The van der Waals surface area contributed by atoms with Crippen molar-refractivity contribution in [2.24, 2.45) is 5.92 Å². The summed E-state index contributed by atoms with van der Waals surface area (Å²) < 4.78 is 5.64. The first-order chi connectivity index (χ1) is 5.57. The predicted molar refractivity (Wildman–Crippen MR) is 48.1 cm³/mol. The fourth-order valence-corrected chi connectivity index (χ4v) is 1.72. The van der Waals surface area contributed by atoms with Gasteiger partial charge in [-0.15, -0.1) is 0 Å². The van der Waals surface area contributed by atoms with E-state index in [0.29, 0.717) is 5.78 Å². The Bertz CT molecular complexity index is 177. The third-order valence-electron chi connectivity index (χ3n) is 2.92. The van der Waals surface area contributed by atoms with E-state index in [0.717, 1.165) is 25.9 Å². The van der Waals surface area contributed by atoms with E-state index in [1.807, 2.05) is 0 Å². The Hall–Kier alpha value is -0.370. The van der Waals surface area contributed by atoms with Gasteiger partial charge in [0, 0.05) is 12.5 Å². The lowest BCUT2D eigenvalue weighted by atomic mass is 9.83. The van der Waals surface area contributed by atoms with Gasteiger partial charge in [-0.1, -0.05) is 6.92 Å². The van der Waals surface area contributed by atoms with Crippen LogP contribution in [0.2, 0.25) is 0 Å². The van der Waals surface area contributed by atoms with Gasteiger partial charge in [0.25, 0.3) is 0 Å². The van der Waals surface area contributed by atoms with Crippen molar-refractivity contribution < 1.29 is 9.53 Å². The molecule has 0 spiro atoms. The lowest BCUT2D eigenvalue weighted by Crippen LogP contribution is -2.38. The van der Waals surface area contributed by atoms with Crippen LogP contribution >= 0.6 is 0 Å².